The number of hydrogen-bond donors (Lipinski definition) is 4. The average Bonchev–Trinajstić information content (AvgIpc) is 3.27. The Balaban J connectivity index is 1.61. The highest BCUT2D eigenvalue weighted by Crippen LogP contribution is 2.40. The molecule has 0 aliphatic rings. The molecule has 4 N–H and O–H groups in total. The summed E-state index contributed by atoms with van der Waals surface area (Å²) in [5, 5.41) is 16.4. The second kappa shape index (κ2) is 11.7. The number of carbonyl (C=O) groups is 2. The van der Waals surface area contributed by atoms with Gasteiger partial charge in [0.1, 0.15) is 17.2 Å². The van der Waals surface area contributed by atoms with Crippen LogP contribution in [0.5, 0.6) is 17.2 Å². The molecule has 0 aliphatic heterocycles. The number of urea groups is 1. The average molecular weight is 572 g/mol. The minimum atomic E-state index is -2.58. The van der Waals surface area contributed by atoms with Crippen molar-refractivity contribution in [3.63, 3.8) is 0 Å². The van der Waals surface area contributed by atoms with E-state index in [1.807, 2.05) is 0 Å². The molecule has 0 saturated carbocycles. The van der Waals surface area contributed by atoms with Gasteiger partial charge in [-0.25, -0.2) is 13.8 Å². The molecule has 0 aliphatic carbocycles. The Bertz CT molecular complexity index is 1580. The number of nitrogens with zero attached hydrogens (tertiary/aromatic N) is 1. The molecule has 0 fully saturated rings. The number of amides is 2. The van der Waals surface area contributed by atoms with Gasteiger partial charge in [-0.3, -0.25) is 8.86 Å². The summed E-state index contributed by atoms with van der Waals surface area (Å²) in [7, 11) is 4.43. The normalized spacial score (nSPS) is 12.7. The van der Waals surface area contributed by atoms with Crippen molar-refractivity contribution >= 4 is 62.3 Å². The molecule has 12 nitrogen and oxygen atoms in total. The molecular formula is C27H29N3O9S. The van der Waals surface area contributed by atoms with E-state index in [-0.39, 0.29) is 5.69 Å². The van der Waals surface area contributed by atoms with E-state index in [0.717, 1.165) is 4.31 Å². The minimum Gasteiger partial charge on any atom is -0.493 e. The van der Waals surface area contributed by atoms with Crippen molar-refractivity contribution in [2.24, 2.45) is 5.92 Å². The Morgan fingerprint density at radius 3 is 2.08 bits per heavy atom. The van der Waals surface area contributed by atoms with Crippen LogP contribution in [0.15, 0.2) is 52.9 Å². The lowest BCUT2D eigenvalue weighted by Gasteiger charge is -2.29. The number of nitrogens with one attached hydrogen (secondary N) is 2. The van der Waals surface area contributed by atoms with Gasteiger partial charge >= 0.3 is 12.0 Å². The van der Waals surface area contributed by atoms with E-state index in [0.29, 0.717) is 50.6 Å². The van der Waals surface area contributed by atoms with Crippen LogP contribution in [0.2, 0.25) is 0 Å². The zero-order valence-corrected chi connectivity index (χ0v) is 23.2. The largest absolute Gasteiger partial charge is 0.493 e. The van der Waals surface area contributed by atoms with Crippen LogP contribution in [0.3, 0.4) is 0 Å². The number of fused-ring (bicyclic) bond motifs is 3. The first-order valence-corrected chi connectivity index (χ1v) is 13.1. The van der Waals surface area contributed by atoms with E-state index in [2.05, 4.69) is 10.6 Å². The van der Waals surface area contributed by atoms with Gasteiger partial charge < -0.3 is 34.4 Å². The molecule has 4 aromatic rings. The molecule has 2 amide bonds. The lowest BCUT2D eigenvalue weighted by molar-refractivity contribution is -0.139. The molecule has 0 saturated heterocycles. The summed E-state index contributed by atoms with van der Waals surface area (Å²) in [6.07, 6.45) is 0. The second-order valence-corrected chi connectivity index (χ2v) is 9.93. The number of carbonyl (C=O) groups excluding carboxylic acids is 1. The number of aliphatic carboxylic acids is 1. The fourth-order valence-electron chi connectivity index (χ4n) is 4.43. The molecule has 40 heavy (non-hydrogen) atoms. The molecule has 212 valence electrons. The van der Waals surface area contributed by atoms with Gasteiger partial charge in [-0.15, -0.1) is 0 Å². The van der Waals surface area contributed by atoms with Crippen molar-refractivity contribution in [2.75, 3.05) is 36.3 Å². The third-order valence-corrected chi connectivity index (χ3v) is 6.97. The minimum absolute atomic E-state index is 0.254. The van der Waals surface area contributed by atoms with Gasteiger partial charge in [0, 0.05) is 34.7 Å². The van der Waals surface area contributed by atoms with Crippen LogP contribution >= 0.6 is 0 Å². The lowest BCUT2D eigenvalue weighted by atomic mass is 10.0. The Kier molecular flexibility index (Phi) is 8.35. The standard InChI is InChI=1S/C27H29N3O9S/c1-14(2)24(26(31)32)30(40(34)35)17-7-9-20-19(13-17)18-8-6-15(10-21(18)39-20)28-27(33)29-16-11-22(36-3)25(38-5)23(12-16)37-4/h6-14,24H,1-5H3,(H,31,32)(H,34,35)(H2,28,29,33). The molecule has 1 aromatic heterocycles. The Morgan fingerprint density at radius 1 is 0.875 bits per heavy atom. The van der Waals surface area contributed by atoms with Crippen LogP contribution in [-0.4, -0.2) is 53.2 Å². The first kappa shape index (κ1) is 28.5. The second-order valence-electron chi connectivity index (χ2n) is 9.07. The number of hydrogen-bond acceptors (Lipinski definition) is 7. The zero-order valence-electron chi connectivity index (χ0n) is 22.4. The Hall–Kier alpha value is -4.49. The first-order chi connectivity index (χ1) is 19.1. The maximum Gasteiger partial charge on any atom is 0.327 e. The number of methoxy groups -OCH3 is 3. The number of ether oxygens (including phenoxy) is 3. The number of anilines is 3. The maximum absolute atomic E-state index is 12.7. The third kappa shape index (κ3) is 5.60. The van der Waals surface area contributed by atoms with Crippen LogP contribution < -0.4 is 29.1 Å². The van der Waals surface area contributed by atoms with Gasteiger partial charge in [0.2, 0.25) is 5.75 Å². The molecular weight excluding hydrogens is 542 g/mol. The quantitative estimate of drug-likeness (QED) is 0.185. The molecule has 2 unspecified atom stereocenters. The van der Waals surface area contributed by atoms with Gasteiger partial charge in [-0.2, -0.15) is 0 Å². The molecule has 0 radical (unpaired) electrons. The third-order valence-electron chi connectivity index (χ3n) is 6.20. The summed E-state index contributed by atoms with van der Waals surface area (Å²) in [5.41, 5.74) is 2.05. The van der Waals surface area contributed by atoms with Crippen molar-refractivity contribution in [3.05, 3.63) is 48.5 Å². The van der Waals surface area contributed by atoms with E-state index in [1.165, 1.54) is 27.4 Å². The molecule has 2 atom stereocenters. The summed E-state index contributed by atoms with van der Waals surface area (Å²) in [5.74, 6) is -0.496. The lowest BCUT2D eigenvalue weighted by Crippen LogP contribution is -2.45. The number of rotatable bonds is 10. The SMILES string of the molecule is COc1cc(NC(=O)Nc2ccc3c(c2)oc2ccc(N(C(C(=O)O)C(C)C)S(=O)O)cc23)cc(OC)c1OC. The summed E-state index contributed by atoms with van der Waals surface area (Å²) in [6, 6.07) is 11.2. The summed E-state index contributed by atoms with van der Waals surface area (Å²) >= 11 is -2.58. The number of benzene rings is 3. The molecule has 0 spiro atoms. The predicted molar refractivity (Wildman–Crippen MR) is 152 cm³/mol. The zero-order chi connectivity index (χ0) is 29.1. The molecule has 4 rings (SSSR count). The molecule has 1 heterocycles. The number of carboxylic acid groups (broad SMARTS) is 1. The Labute approximate surface area is 232 Å². The fourth-order valence-corrected chi connectivity index (χ4v) is 5.25. The van der Waals surface area contributed by atoms with Crippen LogP contribution in [0.4, 0.5) is 21.9 Å². The summed E-state index contributed by atoms with van der Waals surface area (Å²) < 4.78 is 44.9. The van der Waals surface area contributed by atoms with Gasteiger partial charge in [0.15, 0.2) is 11.5 Å². The number of furan rings is 1. The monoisotopic (exact) mass is 571 g/mol. The smallest absolute Gasteiger partial charge is 0.327 e. The highest BCUT2D eigenvalue weighted by molar-refractivity contribution is 7.80. The van der Waals surface area contributed by atoms with Gasteiger partial charge in [0.05, 0.1) is 32.7 Å². The van der Waals surface area contributed by atoms with E-state index in [9.17, 15) is 23.5 Å². The summed E-state index contributed by atoms with van der Waals surface area (Å²) in [6.45, 7) is 3.33. The van der Waals surface area contributed by atoms with E-state index in [4.69, 9.17) is 18.6 Å². The van der Waals surface area contributed by atoms with Crippen LogP contribution in [-0.2, 0) is 16.1 Å². The van der Waals surface area contributed by atoms with Gasteiger partial charge in [-0.1, -0.05) is 13.8 Å². The van der Waals surface area contributed by atoms with Crippen molar-refractivity contribution in [1.29, 1.82) is 0 Å². The van der Waals surface area contributed by atoms with Crippen molar-refractivity contribution in [2.45, 2.75) is 19.9 Å². The summed E-state index contributed by atoms with van der Waals surface area (Å²) in [4.78, 5) is 24.6. The van der Waals surface area contributed by atoms with E-state index in [1.54, 1.807) is 56.3 Å². The highest BCUT2D eigenvalue weighted by atomic mass is 32.2. The molecule has 13 heteroatoms. The van der Waals surface area contributed by atoms with Crippen LogP contribution in [0, 0.1) is 5.92 Å². The van der Waals surface area contributed by atoms with E-state index < -0.39 is 35.2 Å². The van der Waals surface area contributed by atoms with Crippen molar-refractivity contribution < 1.29 is 42.1 Å². The fraction of sp³-hybridized carbons (Fsp3) is 0.259. The van der Waals surface area contributed by atoms with Crippen molar-refractivity contribution in [3.8, 4) is 17.2 Å². The first-order valence-electron chi connectivity index (χ1n) is 12.0. The molecule has 3 aromatic carbocycles. The van der Waals surface area contributed by atoms with Gasteiger partial charge in [0.25, 0.3) is 11.3 Å². The van der Waals surface area contributed by atoms with Crippen molar-refractivity contribution in [1.82, 2.24) is 0 Å². The molecule has 0 bridgehead atoms. The highest BCUT2D eigenvalue weighted by Gasteiger charge is 2.33. The van der Waals surface area contributed by atoms with E-state index >= 15 is 0 Å². The van der Waals surface area contributed by atoms with Crippen LogP contribution in [0.25, 0.3) is 21.9 Å². The maximum atomic E-state index is 12.7. The number of carboxylic acids is 1. The van der Waals surface area contributed by atoms with Crippen LogP contribution in [0.1, 0.15) is 13.8 Å². The predicted octanol–water partition coefficient (Wildman–Crippen LogP) is 5.31. The Morgan fingerprint density at radius 2 is 1.52 bits per heavy atom. The topological polar surface area (TPSA) is 160 Å². The van der Waals surface area contributed by atoms with Gasteiger partial charge in [-0.05, 0) is 36.2 Å².